The van der Waals surface area contributed by atoms with Gasteiger partial charge in [0.15, 0.2) is 11.5 Å². The summed E-state index contributed by atoms with van der Waals surface area (Å²) in [6.07, 6.45) is 0.0716. The number of carbonyl (C=O) groups is 2. The molecule has 8 nitrogen and oxygen atoms in total. The van der Waals surface area contributed by atoms with Crippen molar-refractivity contribution < 1.29 is 31.7 Å². The Kier molecular flexibility index (Phi) is 8.17. The van der Waals surface area contributed by atoms with E-state index in [-0.39, 0.29) is 23.6 Å². The summed E-state index contributed by atoms with van der Waals surface area (Å²) in [6, 6.07) is 11.3. The fourth-order valence-corrected chi connectivity index (χ4v) is 3.31. The first-order valence-corrected chi connectivity index (χ1v) is 11.8. The van der Waals surface area contributed by atoms with E-state index in [1.54, 1.807) is 30.3 Å². The molecule has 1 N–H and O–H groups in total. The molecule has 0 aliphatic heterocycles. The highest BCUT2D eigenvalue weighted by Gasteiger charge is 2.23. The monoisotopic (exact) mass is 463 g/mol. The van der Waals surface area contributed by atoms with Crippen LogP contribution >= 0.6 is 0 Å². The van der Waals surface area contributed by atoms with Gasteiger partial charge < -0.3 is 14.8 Å². The van der Waals surface area contributed by atoms with Gasteiger partial charge in [-0.15, -0.1) is 0 Å². The Bertz CT molecular complexity index is 1070. The maximum Gasteiger partial charge on any atom is 0.343 e. The molecule has 0 fully saturated rings. The second kappa shape index (κ2) is 10.2. The van der Waals surface area contributed by atoms with Crippen LogP contribution in [-0.2, 0) is 19.1 Å². The van der Waals surface area contributed by atoms with Crippen molar-refractivity contribution in [1.82, 2.24) is 5.32 Å². The van der Waals surface area contributed by atoms with Crippen LogP contribution in [0.3, 0.4) is 0 Å². The lowest BCUT2D eigenvalue weighted by molar-refractivity contribution is -0.132. The average molecular weight is 464 g/mol. The van der Waals surface area contributed by atoms with E-state index >= 15 is 0 Å². The predicted molar refractivity (Wildman–Crippen MR) is 120 cm³/mol. The smallest absolute Gasteiger partial charge is 0.343 e. The molecule has 0 saturated carbocycles. The maximum atomic E-state index is 12.5. The largest absolute Gasteiger partial charge is 0.423 e. The molecular formula is C23H29NO7S. The molecule has 9 heteroatoms. The van der Waals surface area contributed by atoms with Crippen molar-refractivity contribution in [3.63, 3.8) is 0 Å². The molecule has 174 valence electrons. The average Bonchev–Trinajstić information content (AvgIpc) is 2.65. The zero-order chi connectivity index (χ0) is 24.1. The van der Waals surface area contributed by atoms with Crippen LogP contribution in [0.1, 0.15) is 55.3 Å². The SMILES string of the molecule is CC(=O)Oc1cc(C(CNC(C)(C)C)OS(C)(=O)=O)ccc1OC(=O)c1ccc(C)cc1. The molecular weight excluding hydrogens is 434 g/mol. The van der Waals surface area contributed by atoms with Gasteiger partial charge in [-0.3, -0.25) is 8.98 Å². The third-order valence-electron chi connectivity index (χ3n) is 4.19. The molecule has 2 aromatic carbocycles. The number of benzene rings is 2. The zero-order valence-electron chi connectivity index (χ0n) is 19.1. The quantitative estimate of drug-likeness (QED) is 0.360. The van der Waals surface area contributed by atoms with E-state index in [0.29, 0.717) is 11.1 Å². The van der Waals surface area contributed by atoms with Crippen LogP contribution in [0.25, 0.3) is 0 Å². The minimum absolute atomic E-state index is 0.0201. The highest BCUT2D eigenvalue weighted by atomic mass is 32.2. The lowest BCUT2D eigenvalue weighted by Crippen LogP contribution is -2.39. The second-order valence-corrected chi connectivity index (χ2v) is 10.1. The van der Waals surface area contributed by atoms with Gasteiger partial charge in [0.2, 0.25) is 0 Å². The Labute approximate surface area is 189 Å². The molecule has 0 heterocycles. The normalized spacial score (nSPS) is 12.8. The maximum absolute atomic E-state index is 12.5. The topological polar surface area (TPSA) is 108 Å². The Morgan fingerprint density at radius 3 is 2.16 bits per heavy atom. The fraction of sp³-hybridized carbons (Fsp3) is 0.391. The fourth-order valence-electron chi connectivity index (χ4n) is 2.71. The summed E-state index contributed by atoms with van der Waals surface area (Å²) in [4.78, 5) is 24.1. The molecule has 2 rings (SSSR count). The Morgan fingerprint density at radius 2 is 1.62 bits per heavy atom. The molecule has 2 aromatic rings. The van der Waals surface area contributed by atoms with E-state index in [0.717, 1.165) is 11.8 Å². The van der Waals surface area contributed by atoms with Gasteiger partial charge in [-0.05, 0) is 57.5 Å². The van der Waals surface area contributed by atoms with Gasteiger partial charge in [0, 0.05) is 19.0 Å². The van der Waals surface area contributed by atoms with Crippen molar-refractivity contribution in [2.24, 2.45) is 0 Å². The molecule has 0 spiro atoms. The molecule has 0 aliphatic carbocycles. The van der Waals surface area contributed by atoms with Gasteiger partial charge >= 0.3 is 11.9 Å². The Hall–Kier alpha value is -2.75. The number of hydrogen-bond donors (Lipinski definition) is 1. The molecule has 0 aromatic heterocycles. The third kappa shape index (κ3) is 8.41. The number of carbonyl (C=O) groups excluding carboxylic acids is 2. The van der Waals surface area contributed by atoms with Crippen molar-refractivity contribution in [1.29, 1.82) is 0 Å². The van der Waals surface area contributed by atoms with Crippen molar-refractivity contribution in [2.45, 2.75) is 46.3 Å². The molecule has 1 atom stereocenters. The summed E-state index contributed by atoms with van der Waals surface area (Å²) in [6.45, 7) is 9.09. The van der Waals surface area contributed by atoms with Crippen LogP contribution in [0.5, 0.6) is 11.5 Å². The van der Waals surface area contributed by atoms with Crippen molar-refractivity contribution in [3.8, 4) is 11.5 Å². The summed E-state index contributed by atoms with van der Waals surface area (Å²) in [5.74, 6) is -1.24. The molecule has 0 radical (unpaired) electrons. The molecule has 0 amide bonds. The van der Waals surface area contributed by atoms with E-state index in [4.69, 9.17) is 13.7 Å². The molecule has 32 heavy (non-hydrogen) atoms. The van der Waals surface area contributed by atoms with Crippen LogP contribution < -0.4 is 14.8 Å². The summed E-state index contributed by atoms with van der Waals surface area (Å²) in [7, 11) is -3.78. The van der Waals surface area contributed by atoms with Crippen LogP contribution in [0.2, 0.25) is 0 Å². The Balaban J connectivity index is 2.38. The zero-order valence-corrected chi connectivity index (χ0v) is 19.9. The van der Waals surface area contributed by atoms with Gasteiger partial charge in [-0.25, -0.2) is 4.79 Å². The molecule has 0 saturated heterocycles. The first kappa shape index (κ1) is 25.5. The standard InChI is InChI=1S/C23H29NO7S/c1-15-7-9-17(10-8-15)22(26)30-19-12-11-18(13-20(19)29-16(2)25)21(31-32(6,27)28)14-24-23(3,4)5/h7-13,21,24H,14H2,1-6H3. The van der Waals surface area contributed by atoms with E-state index < -0.39 is 28.2 Å². The number of esters is 2. The van der Waals surface area contributed by atoms with Gasteiger partial charge in [0.25, 0.3) is 10.1 Å². The number of hydrogen-bond acceptors (Lipinski definition) is 8. The summed E-state index contributed by atoms with van der Waals surface area (Å²) < 4.78 is 39.5. The minimum Gasteiger partial charge on any atom is -0.423 e. The van der Waals surface area contributed by atoms with Crippen molar-refractivity contribution in [3.05, 3.63) is 59.2 Å². The van der Waals surface area contributed by atoms with Gasteiger partial charge in [0.1, 0.15) is 6.10 Å². The lowest BCUT2D eigenvalue weighted by Gasteiger charge is -2.25. The number of rotatable bonds is 8. The summed E-state index contributed by atoms with van der Waals surface area (Å²) >= 11 is 0. The molecule has 0 aliphatic rings. The molecule has 0 bridgehead atoms. The summed E-state index contributed by atoms with van der Waals surface area (Å²) in [5.41, 5.74) is 1.47. The van der Waals surface area contributed by atoms with Gasteiger partial charge in [-0.1, -0.05) is 23.8 Å². The highest BCUT2D eigenvalue weighted by Crippen LogP contribution is 2.33. The summed E-state index contributed by atoms with van der Waals surface area (Å²) in [5, 5.41) is 3.19. The predicted octanol–water partition coefficient (Wildman–Crippen LogP) is 3.54. The van der Waals surface area contributed by atoms with Crippen LogP contribution in [0.4, 0.5) is 0 Å². The van der Waals surface area contributed by atoms with Gasteiger partial charge in [0.05, 0.1) is 11.8 Å². The van der Waals surface area contributed by atoms with Crippen LogP contribution in [0, 0.1) is 6.92 Å². The first-order chi connectivity index (χ1) is 14.7. The van der Waals surface area contributed by atoms with E-state index in [9.17, 15) is 18.0 Å². The number of aryl methyl sites for hydroxylation is 1. The first-order valence-electron chi connectivity index (χ1n) is 9.98. The van der Waals surface area contributed by atoms with Crippen molar-refractivity contribution in [2.75, 3.05) is 12.8 Å². The van der Waals surface area contributed by atoms with Crippen LogP contribution in [-0.4, -0.2) is 38.7 Å². The van der Waals surface area contributed by atoms with Gasteiger partial charge in [-0.2, -0.15) is 8.42 Å². The number of ether oxygens (including phenoxy) is 2. The molecule has 1 unspecified atom stereocenters. The minimum atomic E-state index is -3.78. The van der Waals surface area contributed by atoms with E-state index in [1.165, 1.54) is 19.1 Å². The van der Waals surface area contributed by atoms with Crippen LogP contribution in [0.15, 0.2) is 42.5 Å². The third-order valence-corrected chi connectivity index (χ3v) is 4.77. The second-order valence-electron chi connectivity index (χ2n) is 8.48. The van der Waals surface area contributed by atoms with E-state index in [2.05, 4.69) is 5.32 Å². The number of nitrogens with one attached hydrogen (secondary N) is 1. The highest BCUT2D eigenvalue weighted by molar-refractivity contribution is 7.86. The van der Waals surface area contributed by atoms with Crippen molar-refractivity contribution >= 4 is 22.1 Å². The lowest BCUT2D eigenvalue weighted by atomic mass is 10.1. The van der Waals surface area contributed by atoms with E-state index in [1.807, 2.05) is 27.7 Å². The Morgan fingerprint density at radius 1 is 1.00 bits per heavy atom.